The number of aliphatic carboxylic acids is 2. The number of ether oxygens (including phenoxy) is 1. The Morgan fingerprint density at radius 2 is 1.77 bits per heavy atom. The Bertz CT molecular complexity index is 555. The normalized spacial score (nSPS) is 16.3. The Kier molecular flexibility index (Phi) is 9.73. The van der Waals surface area contributed by atoms with Gasteiger partial charge in [-0.15, -0.1) is 0 Å². The van der Waals surface area contributed by atoms with Crippen LogP contribution < -0.4 is 4.74 Å². The molecular weight excluding hydrogens is 334 g/mol. The molecule has 146 valence electrons. The van der Waals surface area contributed by atoms with Crippen LogP contribution in [0.1, 0.15) is 51.5 Å². The van der Waals surface area contributed by atoms with E-state index in [9.17, 15) is 0 Å². The van der Waals surface area contributed by atoms with Gasteiger partial charge in [-0.3, -0.25) is 4.90 Å². The molecule has 1 heterocycles. The molecule has 1 aromatic carbocycles. The van der Waals surface area contributed by atoms with Gasteiger partial charge in [-0.05, 0) is 55.8 Å². The second kappa shape index (κ2) is 11.5. The van der Waals surface area contributed by atoms with Crippen molar-refractivity contribution in [1.29, 1.82) is 0 Å². The van der Waals surface area contributed by atoms with Crippen LogP contribution in [0.3, 0.4) is 0 Å². The summed E-state index contributed by atoms with van der Waals surface area (Å²) in [6.45, 7) is 11.2. The molecule has 0 saturated carbocycles. The molecule has 0 aliphatic carbocycles. The summed E-state index contributed by atoms with van der Waals surface area (Å²) in [7, 11) is 0. The minimum Gasteiger partial charge on any atom is -0.492 e. The molecule has 6 heteroatoms. The lowest BCUT2D eigenvalue weighted by molar-refractivity contribution is -0.159. The van der Waals surface area contributed by atoms with E-state index in [4.69, 9.17) is 24.5 Å². The van der Waals surface area contributed by atoms with E-state index in [2.05, 4.69) is 49.9 Å². The van der Waals surface area contributed by atoms with E-state index >= 15 is 0 Å². The minimum absolute atomic E-state index is 0.571. The maximum absolute atomic E-state index is 9.10. The molecular formula is C20H31NO5. The highest BCUT2D eigenvalue weighted by Crippen LogP contribution is 2.28. The number of carboxylic acids is 2. The Labute approximate surface area is 155 Å². The van der Waals surface area contributed by atoms with Crippen LogP contribution in [0.5, 0.6) is 5.75 Å². The Morgan fingerprint density at radius 3 is 2.31 bits per heavy atom. The van der Waals surface area contributed by atoms with Crippen molar-refractivity contribution in [2.24, 2.45) is 5.92 Å². The third-order valence-corrected chi connectivity index (χ3v) is 4.79. The molecule has 2 N–H and O–H groups in total. The van der Waals surface area contributed by atoms with Gasteiger partial charge in [-0.1, -0.05) is 39.0 Å². The van der Waals surface area contributed by atoms with E-state index < -0.39 is 11.9 Å². The number of benzene rings is 1. The summed E-state index contributed by atoms with van der Waals surface area (Å²) in [5.74, 6) is -1.10. The molecule has 1 aliphatic rings. The lowest BCUT2D eigenvalue weighted by atomic mass is 9.98. The van der Waals surface area contributed by atoms with Crippen LogP contribution in [0.25, 0.3) is 0 Å². The van der Waals surface area contributed by atoms with Crippen molar-refractivity contribution >= 4 is 11.9 Å². The number of nitrogens with zero attached hydrogens (tertiary/aromatic N) is 1. The summed E-state index contributed by atoms with van der Waals surface area (Å²) in [5, 5.41) is 14.8. The van der Waals surface area contributed by atoms with Crippen molar-refractivity contribution in [3.8, 4) is 5.75 Å². The maximum Gasteiger partial charge on any atom is 0.414 e. The van der Waals surface area contributed by atoms with Crippen LogP contribution in [-0.4, -0.2) is 53.3 Å². The third kappa shape index (κ3) is 7.87. The van der Waals surface area contributed by atoms with Gasteiger partial charge in [0.05, 0.1) is 0 Å². The lowest BCUT2D eigenvalue weighted by Gasteiger charge is -2.30. The fourth-order valence-electron chi connectivity index (χ4n) is 2.81. The van der Waals surface area contributed by atoms with Crippen LogP contribution in [-0.2, 0) is 9.59 Å². The van der Waals surface area contributed by atoms with Crippen LogP contribution >= 0.6 is 0 Å². The molecule has 1 aliphatic heterocycles. The molecule has 2 rings (SSSR count). The van der Waals surface area contributed by atoms with Gasteiger partial charge in [0, 0.05) is 6.54 Å². The van der Waals surface area contributed by atoms with E-state index in [-0.39, 0.29) is 0 Å². The summed E-state index contributed by atoms with van der Waals surface area (Å²) in [6, 6.07) is 8.50. The van der Waals surface area contributed by atoms with Gasteiger partial charge in [-0.2, -0.15) is 0 Å². The standard InChI is InChI=1S/C18H29NO.C2H2O4/c1-4-16(3)17-7-5-6-8-18(17)20-14-13-19-11-9-15(2)10-12-19;3-1(4)2(5)6/h5-8,15-16H,4,9-14H2,1-3H3;(H,3,4)(H,5,6). The van der Waals surface area contributed by atoms with E-state index in [0.29, 0.717) is 5.92 Å². The molecule has 6 nitrogen and oxygen atoms in total. The largest absolute Gasteiger partial charge is 0.492 e. The molecule has 1 fully saturated rings. The van der Waals surface area contributed by atoms with E-state index in [1.54, 1.807) is 0 Å². The number of likely N-dealkylation sites (tertiary alicyclic amines) is 1. The SMILES string of the molecule is CCC(C)c1ccccc1OCCN1CCC(C)CC1.O=C(O)C(=O)O. The zero-order valence-corrected chi connectivity index (χ0v) is 16.0. The average Bonchev–Trinajstić information content (AvgIpc) is 2.63. The number of rotatable bonds is 6. The van der Waals surface area contributed by atoms with Crippen molar-refractivity contribution in [3.05, 3.63) is 29.8 Å². The first-order valence-electron chi connectivity index (χ1n) is 9.25. The quantitative estimate of drug-likeness (QED) is 0.751. The molecule has 0 bridgehead atoms. The number of carbonyl (C=O) groups is 2. The lowest BCUT2D eigenvalue weighted by Crippen LogP contribution is -2.35. The van der Waals surface area contributed by atoms with E-state index in [1.807, 2.05) is 0 Å². The maximum atomic E-state index is 9.10. The van der Waals surface area contributed by atoms with Crippen LogP contribution in [0.4, 0.5) is 0 Å². The first-order chi connectivity index (χ1) is 12.3. The Morgan fingerprint density at radius 1 is 1.19 bits per heavy atom. The topological polar surface area (TPSA) is 87.1 Å². The smallest absolute Gasteiger partial charge is 0.414 e. The van der Waals surface area contributed by atoms with Gasteiger partial charge in [0.1, 0.15) is 12.4 Å². The van der Waals surface area contributed by atoms with Gasteiger partial charge >= 0.3 is 11.9 Å². The fraction of sp³-hybridized carbons (Fsp3) is 0.600. The van der Waals surface area contributed by atoms with E-state index in [0.717, 1.165) is 31.2 Å². The molecule has 0 amide bonds. The monoisotopic (exact) mass is 365 g/mol. The molecule has 1 unspecified atom stereocenters. The van der Waals surface area contributed by atoms with Crippen molar-refractivity contribution in [1.82, 2.24) is 4.90 Å². The minimum atomic E-state index is -1.82. The van der Waals surface area contributed by atoms with Crippen molar-refractivity contribution < 1.29 is 24.5 Å². The molecule has 26 heavy (non-hydrogen) atoms. The van der Waals surface area contributed by atoms with Gasteiger partial charge in [0.25, 0.3) is 0 Å². The number of hydrogen-bond acceptors (Lipinski definition) is 4. The third-order valence-electron chi connectivity index (χ3n) is 4.79. The van der Waals surface area contributed by atoms with E-state index in [1.165, 1.54) is 31.5 Å². The highest BCUT2D eigenvalue weighted by Gasteiger charge is 2.15. The van der Waals surface area contributed by atoms with Crippen molar-refractivity contribution in [2.75, 3.05) is 26.2 Å². The summed E-state index contributed by atoms with van der Waals surface area (Å²) in [5.41, 5.74) is 1.35. The molecule has 0 aromatic heterocycles. The first-order valence-corrected chi connectivity index (χ1v) is 9.25. The van der Waals surface area contributed by atoms with Crippen molar-refractivity contribution in [2.45, 2.75) is 46.0 Å². The molecule has 1 atom stereocenters. The first kappa shape index (κ1) is 22.0. The Balaban J connectivity index is 0.000000487. The number of piperidine rings is 1. The molecule has 1 saturated heterocycles. The van der Waals surface area contributed by atoms with Crippen LogP contribution in [0, 0.1) is 5.92 Å². The highest BCUT2D eigenvalue weighted by molar-refractivity contribution is 6.27. The van der Waals surface area contributed by atoms with Gasteiger partial charge in [0.2, 0.25) is 0 Å². The van der Waals surface area contributed by atoms with Gasteiger partial charge in [-0.25, -0.2) is 9.59 Å². The summed E-state index contributed by atoms with van der Waals surface area (Å²) in [6.07, 6.45) is 3.83. The Hall–Kier alpha value is -2.08. The van der Waals surface area contributed by atoms with Crippen LogP contribution in [0.2, 0.25) is 0 Å². The fourth-order valence-corrected chi connectivity index (χ4v) is 2.81. The molecule has 0 spiro atoms. The molecule has 1 aromatic rings. The zero-order valence-electron chi connectivity index (χ0n) is 16.0. The highest BCUT2D eigenvalue weighted by atomic mass is 16.5. The predicted molar refractivity (Wildman–Crippen MR) is 101 cm³/mol. The average molecular weight is 365 g/mol. The van der Waals surface area contributed by atoms with Crippen molar-refractivity contribution in [3.63, 3.8) is 0 Å². The zero-order chi connectivity index (χ0) is 19.5. The summed E-state index contributed by atoms with van der Waals surface area (Å²) < 4.78 is 6.05. The summed E-state index contributed by atoms with van der Waals surface area (Å²) in [4.78, 5) is 20.7. The van der Waals surface area contributed by atoms with Gasteiger partial charge in [0.15, 0.2) is 0 Å². The summed E-state index contributed by atoms with van der Waals surface area (Å²) >= 11 is 0. The predicted octanol–water partition coefficient (Wildman–Crippen LogP) is 3.47. The van der Waals surface area contributed by atoms with Crippen LogP contribution in [0.15, 0.2) is 24.3 Å². The molecule has 0 radical (unpaired) electrons. The second-order valence-electron chi connectivity index (χ2n) is 6.83. The number of hydrogen-bond donors (Lipinski definition) is 2. The van der Waals surface area contributed by atoms with Gasteiger partial charge < -0.3 is 14.9 Å². The number of para-hydroxylation sites is 1. The number of carboxylic acid groups (broad SMARTS) is 2. The second-order valence-corrected chi connectivity index (χ2v) is 6.83.